The summed E-state index contributed by atoms with van der Waals surface area (Å²) in [5.74, 6) is 0.234. The van der Waals surface area contributed by atoms with Gasteiger partial charge in [0.1, 0.15) is 5.75 Å². The van der Waals surface area contributed by atoms with Crippen LogP contribution in [-0.4, -0.2) is 23.4 Å². The molecule has 2 N–H and O–H groups in total. The second-order valence-corrected chi connectivity index (χ2v) is 7.83. The molecule has 0 saturated carbocycles. The van der Waals surface area contributed by atoms with E-state index < -0.39 is 0 Å². The van der Waals surface area contributed by atoms with Crippen LogP contribution in [0.25, 0.3) is 22.2 Å². The molecular weight excluding hydrogens is 438 g/mol. The van der Waals surface area contributed by atoms with E-state index in [1.807, 2.05) is 37.3 Å². The minimum absolute atomic E-state index is 0.153. The quantitative estimate of drug-likeness (QED) is 0.361. The highest BCUT2D eigenvalue weighted by Crippen LogP contribution is 2.32. The highest BCUT2D eigenvalue weighted by Gasteiger charge is 2.13. The van der Waals surface area contributed by atoms with E-state index in [-0.39, 0.29) is 11.8 Å². The fourth-order valence-electron chi connectivity index (χ4n) is 3.45. The first-order valence-electron chi connectivity index (χ1n) is 10.5. The van der Waals surface area contributed by atoms with E-state index in [9.17, 15) is 9.59 Å². The van der Waals surface area contributed by atoms with Crippen LogP contribution in [0.4, 0.5) is 11.4 Å². The third kappa shape index (κ3) is 5.30. The van der Waals surface area contributed by atoms with Crippen LogP contribution in [0.5, 0.6) is 5.75 Å². The molecule has 4 aromatic rings. The zero-order valence-electron chi connectivity index (χ0n) is 18.2. The Morgan fingerprint density at radius 2 is 1.67 bits per heavy atom. The Morgan fingerprint density at radius 1 is 0.939 bits per heavy atom. The number of nitrogens with zero attached hydrogens (tertiary/aromatic N) is 1. The fraction of sp³-hybridized carbons (Fsp3) is 0.115. The Labute approximate surface area is 196 Å². The minimum Gasteiger partial charge on any atom is -0.493 e. The second-order valence-electron chi connectivity index (χ2n) is 7.39. The number of carbonyl (C=O) groups is 2. The molecule has 33 heavy (non-hydrogen) atoms. The van der Waals surface area contributed by atoms with Crippen LogP contribution in [0.2, 0.25) is 5.02 Å². The largest absolute Gasteiger partial charge is 0.493 e. The van der Waals surface area contributed by atoms with Crippen LogP contribution >= 0.6 is 11.6 Å². The molecule has 0 aliphatic rings. The van der Waals surface area contributed by atoms with Crippen molar-refractivity contribution in [1.82, 2.24) is 4.98 Å². The molecule has 0 unspecified atom stereocenters. The van der Waals surface area contributed by atoms with Crippen molar-refractivity contribution in [3.05, 3.63) is 83.4 Å². The average Bonchev–Trinajstić information content (AvgIpc) is 2.80. The maximum absolute atomic E-state index is 12.9. The summed E-state index contributed by atoms with van der Waals surface area (Å²) < 4.78 is 5.87. The van der Waals surface area contributed by atoms with E-state index in [2.05, 4.69) is 10.6 Å². The molecule has 0 saturated heterocycles. The van der Waals surface area contributed by atoms with E-state index in [0.717, 1.165) is 16.6 Å². The molecule has 1 heterocycles. The van der Waals surface area contributed by atoms with Crippen LogP contribution < -0.4 is 15.4 Å². The monoisotopic (exact) mass is 459 g/mol. The summed E-state index contributed by atoms with van der Waals surface area (Å²) >= 11 is 6.14. The van der Waals surface area contributed by atoms with Crippen molar-refractivity contribution in [3.8, 4) is 17.0 Å². The maximum atomic E-state index is 12.9. The van der Waals surface area contributed by atoms with Crippen LogP contribution in [-0.2, 0) is 4.79 Å². The molecule has 0 atom stereocenters. The normalized spacial score (nSPS) is 10.6. The van der Waals surface area contributed by atoms with Gasteiger partial charge in [-0.3, -0.25) is 9.59 Å². The Hall–Kier alpha value is -3.90. The van der Waals surface area contributed by atoms with Gasteiger partial charge in [-0.05, 0) is 61.5 Å². The number of ether oxygens (including phenoxy) is 1. The number of aromatic nitrogens is 1. The van der Waals surface area contributed by atoms with Crippen molar-refractivity contribution in [2.45, 2.75) is 13.8 Å². The van der Waals surface area contributed by atoms with Gasteiger partial charge >= 0.3 is 0 Å². The molecule has 6 nitrogen and oxygen atoms in total. The van der Waals surface area contributed by atoms with Gasteiger partial charge in [-0.1, -0.05) is 23.7 Å². The highest BCUT2D eigenvalue weighted by molar-refractivity contribution is 6.30. The van der Waals surface area contributed by atoms with Crippen molar-refractivity contribution in [1.29, 1.82) is 0 Å². The summed E-state index contributed by atoms with van der Waals surface area (Å²) in [5.41, 5.74) is 4.10. The molecule has 0 radical (unpaired) electrons. The number of hydrogen-bond acceptors (Lipinski definition) is 4. The van der Waals surface area contributed by atoms with Gasteiger partial charge < -0.3 is 15.4 Å². The Kier molecular flexibility index (Phi) is 6.56. The van der Waals surface area contributed by atoms with Crippen LogP contribution in [0.3, 0.4) is 0 Å². The second kappa shape index (κ2) is 9.71. The Bertz CT molecular complexity index is 1340. The third-order valence-electron chi connectivity index (χ3n) is 4.92. The number of benzene rings is 3. The summed E-state index contributed by atoms with van der Waals surface area (Å²) in [6, 6.07) is 21.6. The van der Waals surface area contributed by atoms with E-state index in [1.165, 1.54) is 6.92 Å². The maximum Gasteiger partial charge on any atom is 0.255 e. The van der Waals surface area contributed by atoms with E-state index in [4.69, 9.17) is 21.3 Å². The summed E-state index contributed by atoms with van der Waals surface area (Å²) in [6.07, 6.45) is 0. The molecule has 0 bridgehead atoms. The highest BCUT2D eigenvalue weighted by atomic mass is 35.5. The van der Waals surface area contributed by atoms with E-state index in [1.54, 1.807) is 42.5 Å². The number of carbonyl (C=O) groups excluding carboxylic acids is 2. The van der Waals surface area contributed by atoms with Gasteiger partial charge in [0.05, 0.1) is 17.8 Å². The van der Waals surface area contributed by atoms with E-state index >= 15 is 0 Å². The molecule has 3 aromatic carbocycles. The summed E-state index contributed by atoms with van der Waals surface area (Å²) in [5, 5.41) is 6.94. The summed E-state index contributed by atoms with van der Waals surface area (Å²) in [7, 11) is 0. The van der Waals surface area contributed by atoms with Crippen LogP contribution in [0.1, 0.15) is 24.2 Å². The molecule has 7 heteroatoms. The number of fused-ring (bicyclic) bond motifs is 1. The van der Waals surface area contributed by atoms with Gasteiger partial charge in [0.15, 0.2) is 0 Å². The molecule has 4 rings (SSSR count). The van der Waals surface area contributed by atoms with Gasteiger partial charge in [-0.25, -0.2) is 4.98 Å². The molecule has 0 aliphatic heterocycles. The predicted molar refractivity (Wildman–Crippen MR) is 132 cm³/mol. The SMILES string of the molecule is CCOc1cc(-c2cccc(Cl)c2)nc2ccc(C(=O)Nc3ccc(NC(C)=O)cc3)cc12. The first-order chi connectivity index (χ1) is 15.9. The molecule has 2 amide bonds. The Morgan fingerprint density at radius 3 is 2.33 bits per heavy atom. The number of nitrogens with one attached hydrogen (secondary N) is 2. The smallest absolute Gasteiger partial charge is 0.255 e. The number of halogens is 1. The first kappa shape index (κ1) is 22.3. The van der Waals surface area contributed by atoms with Gasteiger partial charge in [0.2, 0.25) is 5.91 Å². The first-order valence-corrected chi connectivity index (χ1v) is 10.8. The van der Waals surface area contributed by atoms with Crippen LogP contribution in [0.15, 0.2) is 72.8 Å². The van der Waals surface area contributed by atoms with Crippen molar-refractivity contribution in [3.63, 3.8) is 0 Å². The lowest BCUT2D eigenvalue weighted by Gasteiger charge is -2.12. The van der Waals surface area contributed by atoms with Crippen molar-refractivity contribution in [2.75, 3.05) is 17.2 Å². The number of hydrogen-bond donors (Lipinski definition) is 2. The number of pyridine rings is 1. The third-order valence-corrected chi connectivity index (χ3v) is 5.15. The van der Waals surface area contributed by atoms with Crippen molar-refractivity contribution in [2.24, 2.45) is 0 Å². The lowest BCUT2D eigenvalue weighted by atomic mass is 10.1. The van der Waals surface area contributed by atoms with Crippen molar-refractivity contribution < 1.29 is 14.3 Å². The minimum atomic E-state index is -0.259. The molecule has 1 aromatic heterocycles. The number of anilines is 2. The van der Waals surface area contributed by atoms with Gasteiger partial charge in [0, 0.05) is 45.9 Å². The number of amides is 2. The van der Waals surface area contributed by atoms with E-state index in [0.29, 0.717) is 39.8 Å². The van der Waals surface area contributed by atoms with Crippen LogP contribution in [0, 0.1) is 0 Å². The zero-order valence-corrected chi connectivity index (χ0v) is 18.9. The standard InChI is InChI=1S/C26H22ClN3O3/c1-3-33-25-15-24(17-5-4-6-19(27)13-17)30-23-12-7-18(14-22(23)25)26(32)29-21-10-8-20(9-11-21)28-16(2)31/h4-15H,3H2,1-2H3,(H,28,31)(H,29,32). The molecular formula is C26H22ClN3O3. The molecule has 166 valence electrons. The molecule has 0 spiro atoms. The Balaban J connectivity index is 1.64. The molecule has 0 fully saturated rings. The lowest BCUT2D eigenvalue weighted by Crippen LogP contribution is -2.12. The average molecular weight is 460 g/mol. The topological polar surface area (TPSA) is 80.3 Å². The lowest BCUT2D eigenvalue weighted by molar-refractivity contribution is -0.114. The molecule has 0 aliphatic carbocycles. The number of rotatable bonds is 6. The van der Waals surface area contributed by atoms with Crippen molar-refractivity contribution >= 4 is 45.7 Å². The fourth-order valence-corrected chi connectivity index (χ4v) is 3.64. The summed E-state index contributed by atoms with van der Waals surface area (Å²) in [4.78, 5) is 28.8. The van der Waals surface area contributed by atoms with Gasteiger partial charge in [0.25, 0.3) is 5.91 Å². The van der Waals surface area contributed by atoms with Gasteiger partial charge in [-0.15, -0.1) is 0 Å². The van der Waals surface area contributed by atoms with Gasteiger partial charge in [-0.2, -0.15) is 0 Å². The predicted octanol–water partition coefficient (Wildman–Crippen LogP) is 6.16. The summed E-state index contributed by atoms with van der Waals surface area (Å²) in [6.45, 7) is 3.83. The zero-order chi connectivity index (χ0) is 23.4.